The minimum absolute atomic E-state index is 0. The van der Waals surface area contributed by atoms with Crippen LogP contribution in [-0.2, 0) is 10.2 Å². The van der Waals surface area contributed by atoms with Crippen molar-refractivity contribution in [3.05, 3.63) is 35.9 Å². The third-order valence-corrected chi connectivity index (χ3v) is 5.10. The van der Waals surface area contributed by atoms with E-state index in [0.717, 1.165) is 32.5 Å². The highest BCUT2D eigenvalue weighted by Crippen LogP contribution is 2.33. The molecule has 22 heavy (non-hydrogen) atoms. The van der Waals surface area contributed by atoms with E-state index in [0.29, 0.717) is 18.4 Å². The van der Waals surface area contributed by atoms with Crippen molar-refractivity contribution in [2.75, 3.05) is 19.6 Å². The molecule has 1 amide bonds. The molecular weight excluding hydrogens is 296 g/mol. The van der Waals surface area contributed by atoms with Gasteiger partial charge in [-0.1, -0.05) is 37.3 Å². The lowest BCUT2D eigenvalue weighted by Gasteiger charge is -2.41. The smallest absolute Gasteiger partial charge is 0.224 e. The van der Waals surface area contributed by atoms with Crippen LogP contribution in [0.1, 0.15) is 44.6 Å². The molecule has 1 aromatic carbocycles. The standard InChI is InChI=1S/C18H26N2O.ClH/c1-18(15-7-3-2-4-8-15)10-6-12-20(14-18)17(21)13-16-9-5-11-19-16;/h2-4,7-8,16,19H,5-6,9-14H2,1H3;1H. The average molecular weight is 323 g/mol. The monoisotopic (exact) mass is 322 g/mol. The van der Waals surface area contributed by atoms with Gasteiger partial charge in [0.25, 0.3) is 0 Å². The second-order valence-electron chi connectivity index (χ2n) is 6.84. The fourth-order valence-corrected chi connectivity index (χ4v) is 3.80. The highest BCUT2D eigenvalue weighted by atomic mass is 35.5. The summed E-state index contributed by atoms with van der Waals surface area (Å²) >= 11 is 0. The van der Waals surface area contributed by atoms with Crippen molar-refractivity contribution in [3.8, 4) is 0 Å². The van der Waals surface area contributed by atoms with Crippen LogP contribution >= 0.6 is 12.4 Å². The molecule has 2 atom stereocenters. The molecule has 0 spiro atoms. The van der Waals surface area contributed by atoms with Crippen molar-refractivity contribution in [2.24, 2.45) is 0 Å². The van der Waals surface area contributed by atoms with Gasteiger partial charge >= 0.3 is 0 Å². The minimum Gasteiger partial charge on any atom is -0.342 e. The molecular formula is C18H27ClN2O. The highest BCUT2D eigenvalue weighted by molar-refractivity contribution is 5.85. The number of nitrogens with zero attached hydrogens (tertiary/aromatic N) is 1. The zero-order valence-corrected chi connectivity index (χ0v) is 14.2. The number of hydrogen-bond donors (Lipinski definition) is 1. The summed E-state index contributed by atoms with van der Waals surface area (Å²) in [6.45, 7) is 5.16. The third kappa shape index (κ3) is 3.82. The summed E-state index contributed by atoms with van der Waals surface area (Å²) < 4.78 is 0. The number of piperidine rings is 1. The van der Waals surface area contributed by atoms with Crippen molar-refractivity contribution in [2.45, 2.75) is 50.5 Å². The first-order valence-corrected chi connectivity index (χ1v) is 8.24. The summed E-state index contributed by atoms with van der Waals surface area (Å²) in [6.07, 6.45) is 5.30. The summed E-state index contributed by atoms with van der Waals surface area (Å²) in [5.74, 6) is 0.330. The SMILES string of the molecule is CC1(c2ccccc2)CCCN(C(=O)CC2CCCN2)C1.Cl. The molecule has 1 N–H and O–H groups in total. The van der Waals surface area contributed by atoms with E-state index in [1.165, 1.54) is 18.4 Å². The fourth-order valence-electron chi connectivity index (χ4n) is 3.80. The van der Waals surface area contributed by atoms with Crippen LogP contribution in [0.2, 0.25) is 0 Å². The Morgan fingerprint density at radius 1 is 1.32 bits per heavy atom. The highest BCUT2D eigenvalue weighted by Gasteiger charge is 2.35. The van der Waals surface area contributed by atoms with Gasteiger partial charge in [0.05, 0.1) is 0 Å². The normalized spacial score (nSPS) is 28.2. The van der Waals surface area contributed by atoms with E-state index in [2.05, 4.69) is 47.5 Å². The van der Waals surface area contributed by atoms with Gasteiger partial charge in [-0.3, -0.25) is 4.79 Å². The number of likely N-dealkylation sites (tertiary alicyclic amines) is 1. The van der Waals surface area contributed by atoms with Crippen molar-refractivity contribution in [3.63, 3.8) is 0 Å². The Kier molecular flexibility index (Phi) is 5.87. The molecule has 2 aliphatic rings. The van der Waals surface area contributed by atoms with Crippen molar-refractivity contribution in [1.82, 2.24) is 10.2 Å². The van der Waals surface area contributed by atoms with E-state index in [9.17, 15) is 4.79 Å². The van der Waals surface area contributed by atoms with Crippen molar-refractivity contribution in [1.29, 1.82) is 0 Å². The second kappa shape index (κ2) is 7.47. The molecule has 0 saturated carbocycles. The Morgan fingerprint density at radius 2 is 2.09 bits per heavy atom. The molecule has 3 nitrogen and oxygen atoms in total. The Morgan fingerprint density at radius 3 is 2.77 bits per heavy atom. The predicted molar refractivity (Wildman–Crippen MR) is 92.5 cm³/mol. The summed E-state index contributed by atoms with van der Waals surface area (Å²) in [5, 5.41) is 3.43. The third-order valence-electron chi connectivity index (χ3n) is 5.10. The van der Waals surface area contributed by atoms with Gasteiger partial charge in [0.2, 0.25) is 5.91 Å². The number of carbonyl (C=O) groups is 1. The summed E-state index contributed by atoms with van der Waals surface area (Å²) in [5.41, 5.74) is 1.47. The lowest BCUT2D eigenvalue weighted by atomic mass is 9.76. The first-order valence-electron chi connectivity index (χ1n) is 8.24. The average Bonchev–Trinajstić information content (AvgIpc) is 3.01. The second-order valence-corrected chi connectivity index (χ2v) is 6.84. The summed E-state index contributed by atoms with van der Waals surface area (Å²) in [4.78, 5) is 14.7. The van der Waals surface area contributed by atoms with Gasteiger partial charge in [0, 0.05) is 31.0 Å². The van der Waals surface area contributed by atoms with Crippen LogP contribution in [0, 0.1) is 0 Å². The van der Waals surface area contributed by atoms with Crippen molar-refractivity contribution < 1.29 is 4.79 Å². The number of benzene rings is 1. The Bertz CT molecular complexity index is 487. The number of amides is 1. The molecule has 122 valence electrons. The molecule has 2 unspecified atom stereocenters. The van der Waals surface area contributed by atoms with Gasteiger partial charge < -0.3 is 10.2 Å². The van der Waals surface area contributed by atoms with Crippen LogP contribution < -0.4 is 5.32 Å². The van der Waals surface area contributed by atoms with Crippen molar-refractivity contribution >= 4 is 18.3 Å². The van der Waals surface area contributed by atoms with Crippen LogP contribution in [0.25, 0.3) is 0 Å². The van der Waals surface area contributed by atoms with E-state index in [-0.39, 0.29) is 17.8 Å². The van der Waals surface area contributed by atoms with Crippen LogP contribution in [0.4, 0.5) is 0 Å². The lowest BCUT2D eigenvalue weighted by molar-refractivity contribution is -0.133. The maximum absolute atomic E-state index is 12.6. The molecule has 0 radical (unpaired) electrons. The number of hydrogen-bond acceptors (Lipinski definition) is 2. The first-order chi connectivity index (χ1) is 10.2. The Hall–Kier alpha value is -1.06. The zero-order valence-electron chi connectivity index (χ0n) is 13.4. The van der Waals surface area contributed by atoms with E-state index in [1.54, 1.807) is 0 Å². The van der Waals surface area contributed by atoms with E-state index in [4.69, 9.17) is 0 Å². The molecule has 0 bridgehead atoms. The quantitative estimate of drug-likeness (QED) is 0.927. The topological polar surface area (TPSA) is 32.3 Å². The molecule has 0 aromatic heterocycles. The van der Waals surface area contributed by atoms with E-state index in [1.807, 2.05) is 0 Å². The lowest BCUT2D eigenvalue weighted by Crippen LogP contribution is -2.48. The number of carbonyl (C=O) groups excluding carboxylic acids is 1. The molecule has 2 heterocycles. The fraction of sp³-hybridized carbons (Fsp3) is 0.611. The van der Waals surface area contributed by atoms with Crippen LogP contribution in [-0.4, -0.2) is 36.5 Å². The molecule has 3 rings (SSSR count). The maximum atomic E-state index is 12.6. The van der Waals surface area contributed by atoms with Gasteiger partial charge in [0.1, 0.15) is 0 Å². The molecule has 1 aromatic rings. The first kappa shape index (κ1) is 17.3. The van der Waals surface area contributed by atoms with Gasteiger partial charge in [-0.25, -0.2) is 0 Å². The summed E-state index contributed by atoms with van der Waals surface area (Å²) in [6, 6.07) is 11.1. The summed E-state index contributed by atoms with van der Waals surface area (Å²) in [7, 11) is 0. The van der Waals surface area contributed by atoms with Gasteiger partial charge in [0.15, 0.2) is 0 Å². The van der Waals surface area contributed by atoms with Crippen LogP contribution in [0.5, 0.6) is 0 Å². The Labute approximate surface area is 139 Å². The largest absolute Gasteiger partial charge is 0.342 e. The minimum atomic E-state index is 0. The Balaban J connectivity index is 0.00000176. The molecule has 2 fully saturated rings. The molecule has 2 saturated heterocycles. The molecule has 4 heteroatoms. The van der Waals surface area contributed by atoms with Crippen LogP contribution in [0.15, 0.2) is 30.3 Å². The number of halogens is 1. The van der Waals surface area contributed by atoms with E-state index < -0.39 is 0 Å². The maximum Gasteiger partial charge on any atom is 0.224 e. The number of nitrogens with one attached hydrogen (secondary N) is 1. The number of rotatable bonds is 3. The van der Waals surface area contributed by atoms with Gasteiger partial charge in [-0.2, -0.15) is 0 Å². The molecule has 2 aliphatic heterocycles. The molecule has 0 aliphatic carbocycles. The predicted octanol–water partition coefficient (Wildman–Crippen LogP) is 3.13. The van der Waals surface area contributed by atoms with Gasteiger partial charge in [-0.15, -0.1) is 12.4 Å². The van der Waals surface area contributed by atoms with E-state index >= 15 is 0 Å². The zero-order chi connectivity index (χ0) is 14.7. The van der Waals surface area contributed by atoms with Crippen LogP contribution in [0.3, 0.4) is 0 Å². The van der Waals surface area contributed by atoms with Gasteiger partial charge in [-0.05, 0) is 37.8 Å².